The number of aryl methyl sites for hydroxylation is 1. The molecule has 2 aromatic carbocycles. The molecule has 2 aromatic heterocycles. The Kier molecular flexibility index (Phi) is 5.77. The molecular formula is C25H19N3O7S. The quantitative estimate of drug-likeness (QED) is 0.203. The zero-order valence-electron chi connectivity index (χ0n) is 19.1. The first-order valence-corrected chi connectivity index (χ1v) is 11.8. The van der Waals surface area contributed by atoms with Gasteiger partial charge in [-0.25, -0.2) is 4.98 Å². The Morgan fingerprint density at radius 2 is 1.97 bits per heavy atom. The van der Waals surface area contributed by atoms with E-state index in [1.54, 1.807) is 31.2 Å². The summed E-state index contributed by atoms with van der Waals surface area (Å²) >= 11 is 1.19. The van der Waals surface area contributed by atoms with Crippen LogP contribution in [0.5, 0.6) is 5.75 Å². The van der Waals surface area contributed by atoms with Crippen LogP contribution in [0.4, 0.5) is 10.8 Å². The number of amides is 1. The Bertz CT molecular complexity index is 1550. The molecule has 1 amide bonds. The molecule has 0 aliphatic carbocycles. The Labute approximate surface area is 208 Å². The summed E-state index contributed by atoms with van der Waals surface area (Å²) in [6.45, 7) is 4.02. The van der Waals surface area contributed by atoms with Gasteiger partial charge in [0.15, 0.2) is 16.7 Å². The first-order valence-electron chi connectivity index (χ1n) is 10.9. The number of carbonyl (C=O) groups excluding carboxylic acids is 2. The minimum Gasteiger partial charge on any atom is -0.503 e. The van der Waals surface area contributed by atoms with Crippen LogP contribution in [0, 0.1) is 17.0 Å². The molecule has 1 atom stereocenters. The number of hydrogen-bond donors (Lipinski definition) is 1. The number of carbonyl (C=O) groups is 2. The van der Waals surface area contributed by atoms with Crippen molar-refractivity contribution in [3.63, 3.8) is 0 Å². The van der Waals surface area contributed by atoms with Crippen LogP contribution in [0.3, 0.4) is 0 Å². The number of furan rings is 1. The van der Waals surface area contributed by atoms with E-state index in [-0.39, 0.29) is 22.2 Å². The smallest absolute Gasteiger partial charge is 0.296 e. The highest BCUT2D eigenvalue weighted by molar-refractivity contribution is 7.22. The molecule has 182 valence electrons. The van der Waals surface area contributed by atoms with Crippen molar-refractivity contribution in [2.24, 2.45) is 0 Å². The summed E-state index contributed by atoms with van der Waals surface area (Å²) in [7, 11) is 0. The van der Waals surface area contributed by atoms with Crippen LogP contribution in [0.25, 0.3) is 10.2 Å². The van der Waals surface area contributed by atoms with Gasteiger partial charge in [-0.05, 0) is 61.9 Å². The van der Waals surface area contributed by atoms with Crippen LogP contribution in [0.15, 0.2) is 70.3 Å². The molecule has 36 heavy (non-hydrogen) atoms. The lowest BCUT2D eigenvalue weighted by Gasteiger charge is -2.24. The minimum absolute atomic E-state index is 0.0405. The lowest BCUT2D eigenvalue weighted by molar-refractivity contribution is -0.384. The number of non-ortho nitro benzene ring substituents is 1. The fourth-order valence-electron chi connectivity index (χ4n) is 4.07. The maximum atomic E-state index is 13.4. The van der Waals surface area contributed by atoms with Gasteiger partial charge in [0.2, 0.25) is 5.78 Å². The van der Waals surface area contributed by atoms with Gasteiger partial charge in [-0.3, -0.25) is 24.6 Å². The van der Waals surface area contributed by atoms with Crippen LogP contribution in [-0.2, 0) is 4.79 Å². The zero-order chi connectivity index (χ0) is 25.6. The lowest BCUT2D eigenvalue weighted by atomic mass is 9.95. The van der Waals surface area contributed by atoms with E-state index in [1.807, 2.05) is 6.92 Å². The largest absolute Gasteiger partial charge is 0.503 e. The van der Waals surface area contributed by atoms with Crippen LogP contribution in [-0.4, -0.2) is 33.3 Å². The van der Waals surface area contributed by atoms with Gasteiger partial charge < -0.3 is 14.3 Å². The van der Waals surface area contributed by atoms with Crippen LogP contribution in [0.1, 0.15) is 34.8 Å². The van der Waals surface area contributed by atoms with Crippen molar-refractivity contribution in [3.8, 4) is 5.75 Å². The van der Waals surface area contributed by atoms with Crippen molar-refractivity contribution in [1.29, 1.82) is 0 Å². The summed E-state index contributed by atoms with van der Waals surface area (Å²) < 4.78 is 11.8. The van der Waals surface area contributed by atoms with Crippen LogP contribution in [0.2, 0.25) is 0 Å². The molecule has 1 aliphatic heterocycles. The summed E-state index contributed by atoms with van der Waals surface area (Å²) in [5, 5.41) is 22.3. The van der Waals surface area contributed by atoms with Crippen molar-refractivity contribution >= 4 is 44.1 Å². The third kappa shape index (κ3) is 3.89. The standard InChI is InChI=1S/C25H19N3O7S/c1-3-34-16-9-10-17-19(12-16)36-25(26-17)27-21(14-5-7-15(8-6-14)28(32)33)20(23(30)24(27)31)22(29)18-11-4-13(2)35-18/h4-12,21,30H,3H2,1-2H3/t21-/m0/s1. The number of aliphatic hydroxyl groups excluding tert-OH is 1. The van der Waals surface area contributed by atoms with E-state index < -0.39 is 28.4 Å². The zero-order valence-corrected chi connectivity index (χ0v) is 19.9. The van der Waals surface area contributed by atoms with E-state index in [0.29, 0.717) is 29.2 Å². The van der Waals surface area contributed by atoms with E-state index in [1.165, 1.54) is 46.6 Å². The average molecular weight is 506 g/mol. The topological polar surface area (TPSA) is 136 Å². The van der Waals surface area contributed by atoms with Gasteiger partial charge in [-0.2, -0.15) is 0 Å². The van der Waals surface area contributed by atoms with E-state index in [4.69, 9.17) is 9.15 Å². The number of Topliss-reactive ketones (excluding diaryl/α,β-unsaturated/α-hetero) is 1. The first-order chi connectivity index (χ1) is 17.3. The monoisotopic (exact) mass is 505 g/mol. The Morgan fingerprint density at radius 3 is 2.61 bits per heavy atom. The second-order valence-corrected chi connectivity index (χ2v) is 9.00. The molecule has 0 spiro atoms. The number of nitrogens with zero attached hydrogens (tertiary/aromatic N) is 3. The molecule has 10 nitrogen and oxygen atoms in total. The summed E-state index contributed by atoms with van der Waals surface area (Å²) in [5.74, 6) is -1.12. The normalized spacial score (nSPS) is 15.7. The number of benzene rings is 2. The fraction of sp³-hybridized carbons (Fsp3) is 0.160. The van der Waals surface area contributed by atoms with Gasteiger partial charge in [0.1, 0.15) is 11.5 Å². The molecule has 0 radical (unpaired) electrons. The Morgan fingerprint density at radius 1 is 1.22 bits per heavy atom. The van der Waals surface area contributed by atoms with Crippen molar-refractivity contribution in [1.82, 2.24) is 4.98 Å². The molecule has 4 aromatic rings. The Balaban J connectivity index is 1.64. The molecule has 1 aliphatic rings. The summed E-state index contributed by atoms with van der Waals surface area (Å²) in [4.78, 5) is 43.1. The molecule has 0 saturated carbocycles. The number of nitro groups is 1. The van der Waals surface area contributed by atoms with Gasteiger partial charge in [-0.1, -0.05) is 11.3 Å². The second-order valence-electron chi connectivity index (χ2n) is 7.99. The van der Waals surface area contributed by atoms with Gasteiger partial charge >= 0.3 is 0 Å². The SMILES string of the molecule is CCOc1ccc2nc(N3C(=O)C(O)=C(C(=O)c4ccc(C)o4)[C@@H]3c3ccc([N+](=O)[O-])cc3)sc2c1. The van der Waals surface area contributed by atoms with Gasteiger partial charge in [0.25, 0.3) is 11.6 Å². The molecule has 0 fully saturated rings. The number of fused-ring (bicyclic) bond motifs is 1. The molecule has 3 heterocycles. The maximum absolute atomic E-state index is 13.4. The van der Waals surface area contributed by atoms with Crippen LogP contribution < -0.4 is 9.64 Å². The van der Waals surface area contributed by atoms with E-state index in [0.717, 1.165) is 4.70 Å². The van der Waals surface area contributed by atoms with Crippen molar-refractivity contribution in [3.05, 3.63) is 93.1 Å². The highest BCUT2D eigenvalue weighted by atomic mass is 32.1. The Hall–Kier alpha value is -4.51. The number of aromatic nitrogens is 1. The molecule has 0 saturated heterocycles. The van der Waals surface area contributed by atoms with E-state index >= 15 is 0 Å². The maximum Gasteiger partial charge on any atom is 0.296 e. The second kappa shape index (κ2) is 8.93. The summed E-state index contributed by atoms with van der Waals surface area (Å²) in [6, 6.07) is 12.7. The molecule has 11 heteroatoms. The molecule has 0 bridgehead atoms. The van der Waals surface area contributed by atoms with Crippen molar-refractivity contribution in [2.75, 3.05) is 11.5 Å². The van der Waals surface area contributed by atoms with Crippen LogP contribution >= 0.6 is 11.3 Å². The number of nitro benzene ring substituents is 1. The van der Waals surface area contributed by atoms with Gasteiger partial charge in [0.05, 0.1) is 33.4 Å². The minimum atomic E-state index is -1.08. The molecule has 0 unspecified atom stereocenters. The highest BCUT2D eigenvalue weighted by Crippen LogP contribution is 2.44. The summed E-state index contributed by atoms with van der Waals surface area (Å²) in [5.41, 5.74) is 0.645. The van der Waals surface area contributed by atoms with Gasteiger partial charge in [0, 0.05) is 12.1 Å². The van der Waals surface area contributed by atoms with E-state index in [2.05, 4.69) is 4.98 Å². The predicted octanol–water partition coefficient (Wildman–Crippen LogP) is 5.29. The first kappa shape index (κ1) is 23.2. The summed E-state index contributed by atoms with van der Waals surface area (Å²) in [6.07, 6.45) is 0. The lowest BCUT2D eigenvalue weighted by Crippen LogP contribution is -2.30. The number of thiazole rings is 1. The number of aliphatic hydroxyl groups is 1. The van der Waals surface area contributed by atoms with Gasteiger partial charge in [-0.15, -0.1) is 0 Å². The fourth-order valence-corrected chi connectivity index (χ4v) is 5.09. The number of hydrogen-bond acceptors (Lipinski definition) is 9. The third-order valence-corrected chi connectivity index (χ3v) is 6.72. The van der Waals surface area contributed by atoms with Crippen molar-refractivity contribution in [2.45, 2.75) is 19.9 Å². The average Bonchev–Trinajstić information content (AvgIpc) is 3.55. The number of anilines is 1. The molecular weight excluding hydrogens is 486 g/mol. The third-order valence-electron chi connectivity index (χ3n) is 5.70. The predicted molar refractivity (Wildman–Crippen MR) is 132 cm³/mol. The van der Waals surface area contributed by atoms with E-state index in [9.17, 15) is 24.8 Å². The highest BCUT2D eigenvalue weighted by Gasteiger charge is 2.46. The molecule has 5 rings (SSSR count). The number of rotatable bonds is 7. The molecule has 1 N–H and O–H groups in total. The van der Waals surface area contributed by atoms with Crippen molar-refractivity contribution < 1.29 is 28.8 Å². The number of ketones is 1. The number of ether oxygens (including phenoxy) is 1.